The average molecular weight is 233 g/mol. The lowest BCUT2D eigenvalue weighted by molar-refractivity contribution is -0.0243. The second-order valence-corrected chi connectivity index (χ2v) is 5.32. The van der Waals surface area contributed by atoms with Gasteiger partial charge in [0.15, 0.2) is 0 Å². The van der Waals surface area contributed by atoms with E-state index in [1.807, 2.05) is 0 Å². The lowest BCUT2D eigenvalue weighted by atomic mass is 10.3. The molecule has 2 heterocycles. The van der Waals surface area contributed by atoms with Gasteiger partial charge in [0.1, 0.15) is 16.7 Å². The summed E-state index contributed by atoms with van der Waals surface area (Å²) in [6, 6.07) is 1.44. The first-order chi connectivity index (χ1) is 6.57. The molecule has 0 amide bonds. The smallest absolute Gasteiger partial charge is 0.267 e. The third kappa shape index (κ3) is 1.74. The Morgan fingerprint density at radius 3 is 2.50 bits per heavy atom. The Hall–Kier alpha value is -1.05. The third-order valence-corrected chi connectivity index (χ3v) is 4.01. The molecule has 0 bridgehead atoms. The summed E-state index contributed by atoms with van der Waals surface area (Å²) < 4.78 is 32.1. The van der Waals surface area contributed by atoms with Gasteiger partial charge in [-0.2, -0.15) is 0 Å². The van der Waals surface area contributed by atoms with E-state index < -0.39 is 16.3 Å². The van der Waals surface area contributed by atoms with Crippen molar-refractivity contribution in [2.45, 2.75) is 10.5 Å². The summed E-state index contributed by atoms with van der Waals surface area (Å²) in [6.07, 6.45) is 2.25. The molecule has 0 fully saturated rings. The zero-order chi connectivity index (χ0) is 10.2. The summed E-state index contributed by atoms with van der Waals surface area (Å²) in [5.74, 6) is 0. The van der Waals surface area contributed by atoms with Crippen LogP contribution in [0.5, 0.6) is 0 Å². The zero-order valence-corrected chi connectivity index (χ0v) is 8.55. The molecule has 1 aromatic rings. The highest BCUT2D eigenvalue weighted by atomic mass is 32.2. The van der Waals surface area contributed by atoms with E-state index >= 15 is 0 Å². The lowest BCUT2D eigenvalue weighted by Gasteiger charge is -2.06. The van der Waals surface area contributed by atoms with Crippen molar-refractivity contribution in [2.24, 2.45) is 5.14 Å². The van der Waals surface area contributed by atoms with Crippen molar-refractivity contribution in [3.05, 3.63) is 29.5 Å². The lowest BCUT2D eigenvalue weighted by Crippen LogP contribution is -2.10. The molecule has 0 spiro atoms. The van der Waals surface area contributed by atoms with Crippen molar-refractivity contribution in [3.8, 4) is 0 Å². The number of thiophene rings is 1. The molecule has 0 unspecified atom stereocenters. The zero-order valence-electron chi connectivity index (χ0n) is 6.91. The van der Waals surface area contributed by atoms with Crippen LogP contribution in [0.15, 0.2) is 28.2 Å². The first-order valence-corrected chi connectivity index (χ1v) is 6.07. The normalized spacial score (nSPS) is 16.6. The molecular formula is C7H7NO4S2. The molecule has 0 aliphatic carbocycles. The maximum atomic E-state index is 11.0. The first-order valence-electron chi connectivity index (χ1n) is 3.64. The van der Waals surface area contributed by atoms with E-state index in [4.69, 9.17) is 14.6 Å². The van der Waals surface area contributed by atoms with Gasteiger partial charge in [0.25, 0.3) is 6.29 Å². The van der Waals surface area contributed by atoms with Crippen LogP contribution in [-0.2, 0) is 19.5 Å². The summed E-state index contributed by atoms with van der Waals surface area (Å²) in [7, 11) is -3.62. The topological polar surface area (TPSA) is 78.6 Å². The quantitative estimate of drug-likeness (QED) is 0.823. The predicted octanol–water partition coefficient (Wildman–Crippen LogP) is 0.912. The van der Waals surface area contributed by atoms with Crippen LogP contribution in [0.4, 0.5) is 0 Å². The molecule has 1 aliphatic rings. The second-order valence-electron chi connectivity index (χ2n) is 2.62. The molecular weight excluding hydrogens is 226 g/mol. The van der Waals surface area contributed by atoms with Gasteiger partial charge >= 0.3 is 0 Å². The van der Waals surface area contributed by atoms with E-state index in [-0.39, 0.29) is 4.21 Å². The van der Waals surface area contributed by atoms with Crippen molar-refractivity contribution < 1.29 is 17.9 Å². The van der Waals surface area contributed by atoms with Crippen molar-refractivity contribution >= 4 is 21.4 Å². The van der Waals surface area contributed by atoms with Crippen LogP contribution >= 0.6 is 11.3 Å². The Kier molecular flexibility index (Phi) is 2.22. The number of ether oxygens (including phenoxy) is 2. The number of primary sulfonamides is 1. The monoisotopic (exact) mass is 233 g/mol. The number of nitrogens with two attached hydrogens (primary N) is 1. The predicted molar refractivity (Wildman–Crippen MR) is 49.7 cm³/mol. The Labute approximate surface area is 84.8 Å². The SMILES string of the molecule is NS(=O)(=O)c1cc(C2OC=CO2)cs1. The van der Waals surface area contributed by atoms with E-state index in [2.05, 4.69) is 0 Å². The highest BCUT2D eigenvalue weighted by Crippen LogP contribution is 2.29. The summed E-state index contributed by atoms with van der Waals surface area (Å²) in [6.45, 7) is 0. The minimum absolute atomic E-state index is 0.103. The molecule has 0 atom stereocenters. The van der Waals surface area contributed by atoms with Crippen LogP contribution in [0, 0.1) is 0 Å². The van der Waals surface area contributed by atoms with E-state index in [0.29, 0.717) is 5.56 Å². The van der Waals surface area contributed by atoms with Crippen LogP contribution in [0.1, 0.15) is 11.9 Å². The van der Waals surface area contributed by atoms with Crippen LogP contribution in [0.25, 0.3) is 0 Å². The van der Waals surface area contributed by atoms with E-state index in [9.17, 15) is 8.42 Å². The maximum Gasteiger partial charge on any atom is 0.267 e. The fourth-order valence-corrected chi connectivity index (χ4v) is 2.62. The standard InChI is InChI=1S/C7H7NO4S2/c8-14(9,10)6-3-5(4-13-6)7-11-1-2-12-7/h1-4,7H,(H2,8,9,10). The summed E-state index contributed by atoms with van der Waals surface area (Å²) in [5.41, 5.74) is 0.643. The molecule has 0 radical (unpaired) electrons. The largest absolute Gasteiger partial charge is 0.455 e. The number of hydrogen-bond acceptors (Lipinski definition) is 5. The van der Waals surface area contributed by atoms with Crippen molar-refractivity contribution in [2.75, 3.05) is 0 Å². The summed E-state index contributed by atoms with van der Waals surface area (Å²) in [5, 5.41) is 6.59. The molecule has 1 aliphatic heterocycles. The van der Waals surface area contributed by atoms with Gasteiger partial charge in [-0.1, -0.05) is 0 Å². The van der Waals surface area contributed by atoms with E-state index in [0.717, 1.165) is 11.3 Å². The van der Waals surface area contributed by atoms with Gasteiger partial charge < -0.3 is 9.47 Å². The molecule has 7 heteroatoms. The maximum absolute atomic E-state index is 11.0. The minimum atomic E-state index is -3.62. The molecule has 2 rings (SSSR count). The molecule has 0 saturated carbocycles. The molecule has 1 aromatic heterocycles. The van der Waals surface area contributed by atoms with Crippen LogP contribution in [-0.4, -0.2) is 8.42 Å². The number of sulfonamides is 1. The van der Waals surface area contributed by atoms with Gasteiger partial charge in [0.2, 0.25) is 10.0 Å². The van der Waals surface area contributed by atoms with Crippen LogP contribution in [0.2, 0.25) is 0 Å². The van der Waals surface area contributed by atoms with Gasteiger partial charge in [-0.05, 0) is 6.07 Å². The second kappa shape index (κ2) is 3.26. The Morgan fingerprint density at radius 2 is 2.00 bits per heavy atom. The summed E-state index contributed by atoms with van der Waals surface area (Å²) >= 11 is 1.04. The van der Waals surface area contributed by atoms with Crippen LogP contribution < -0.4 is 5.14 Å². The highest BCUT2D eigenvalue weighted by Gasteiger charge is 2.20. The van der Waals surface area contributed by atoms with Gasteiger partial charge in [-0.25, -0.2) is 13.6 Å². The number of rotatable bonds is 2. The van der Waals surface area contributed by atoms with E-state index in [1.54, 1.807) is 5.38 Å². The molecule has 76 valence electrons. The molecule has 0 saturated heterocycles. The van der Waals surface area contributed by atoms with Crippen LogP contribution in [0.3, 0.4) is 0 Å². The van der Waals surface area contributed by atoms with Gasteiger partial charge in [0.05, 0.1) is 0 Å². The molecule has 2 N–H and O–H groups in total. The summed E-state index contributed by atoms with van der Waals surface area (Å²) in [4.78, 5) is 0. The Balaban J connectivity index is 2.26. The molecule has 0 aromatic carbocycles. The highest BCUT2D eigenvalue weighted by molar-refractivity contribution is 7.91. The van der Waals surface area contributed by atoms with Gasteiger partial charge in [-0.3, -0.25) is 0 Å². The minimum Gasteiger partial charge on any atom is -0.455 e. The fourth-order valence-electron chi connectivity index (χ4n) is 0.999. The Bertz CT molecular complexity index is 454. The van der Waals surface area contributed by atoms with Gasteiger partial charge in [-0.15, -0.1) is 11.3 Å². The molecule has 14 heavy (non-hydrogen) atoms. The molecule has 5 nitrogen and oxygen atoms in total. The van der Waals surface area contributed by atoms with Crippen molar-refractivity contribution in [1.82, 2.24) is 0 Å². The average Bonchev–Trinajstić information content (AvgIpc) is 2.73. The van der Waals surface area contributed by atoms with Gasteiger partial charge in [0, 0.05) is 10.9 Å². The number of hydrogen-bond donors (Lipinski definition) is 1. The fraction of sp³-hybridized carbons (Fsp3) is 0.143. The Morgan fingerprint density at radius 1 is 1.36 bits per heavy atom. The van der Waals surface area contributed by atoms with Crippen molar-refractivity contribution in [1.29, 1.82) is 0 Å². The third-order valence-electron chi connectivity index (χ3n) is 1.61. The van der Waals surface area contributed by atoms with E-state index in [1.165, 1.54) is 18.6 Å². The first kappa shape index (κ1) is 9.50. The van der Waals surface area contributed by atoms with Crippen molar-refractivity contribution in [3.63, 3.8) is 0 Å².